The van der Waals surface area contributed by atoms with E-state index in [4.69, 9.17) is 0 Å². The van der Waals surface area contributed by atoms with Crippen LogP contribution in [0.25, 0.3) is 0 Å². The van der Waals surface area contributed by atoms with Crippen LogP contribution in [-0.4, -0.2) is 36.5 Å². The van der Waals surface area contributed by atoms with Crippen LogP contribution in [-0.2, 0) is 0 Å². The molecule has 1 aromatic carbocycles. The number of carbonyl (C=O) groups excluding carboxylic acids is 1. The van der Waals surface area contributed by atoms with Gasteiger partial charge in [0.25, 0.3) is 5.91 Å². The lowest BCUT2D eigenvalue weighted by Crippen LogP contribution is -2.41. The Bertz CT molecular complexity index is 449. The second-order valence-electron chi connectivity index (χ2n) is 5.15. The molecule has 0 spiro atoms. The Balaban J connectivity index is 1.76. The minimum atomic E-state index is 0.191. The maximum Gasteiger partial charge on any atom is 0.254 e. The Morgan fingerprint density at radius 3 is 2.94 bits per heavy atom. The third-order valence-electron chi connectivity index (χ3n) is 3.99. The number of piperidine rings is 1. The molecule has 0 saturated carbocycles. The first-order chi connectivity index (χ1) is 8.75. The van der Waals surface area contributed by atoms with E-state index < -0.39 is 0 Å². The topological polar surface area (TPSA) is 32.3 Å². The van der Waals surface area contributed by atoms with Crippen molar-refractivity contribution < 1.29 is 4.79 Å². The summed E-state index contributed by atoms with van der Waals surface area (Å²) in [7, 11) is 0. The van der Waals surface area contributed by atoms with Gasteiger partial charge in [0, 0.05) is 22.7 Å². The summed E-state index contributed by atoms with van der Waals surface area (Å²) in [4.78, 5) is 14.5. The molecule has 96 valence electrons. The van der Waals surface area contributed by atoms with Gasteiger partial charge in [0.2, 0.25) is 0 Å². The molecule has 0 bridgehead atoms. The molecule has 1 amide bonds. The maximum absolute atomic E-state index is 12.5. The van der Waals surface area contributed by atoms with Crippen molar-refractivity contribution in [2.75, 3.05) is 19.6 Å². The van der Waals surface area contributed by atoms with E-state index in [1.165, 1.54) is 12.8 Å². The van der Waals surface area contributed by atoms with Gasteiger partial charge in [-0.15, -0.1) is 0 Å². The molecule has 2 saturated heterocycles. The maximum atomic E-state index is 12.5. The molecular formula is C14H17IN2O. The van der Waals surface area contributed by atoms with Gasteiger partial charge in [-0.3, -0.25) is 4.79 Å². The normalized spacial score (nSPS) is 27.1. The number of benzene rings is 1. The van der Waals surface area contributed by atoms with Crippen molar-refractivity contribution >= 4 is 28.5 Å². The van der Waals surface area contributed by atoms with E-state index in [-0.39, 0.29) is 5.91 Å². The van der Waals surface area contributed by atoms with Gasteiger partial charge >= 0.3 is 0 Å². The van der Waals surface area contributed by atoms with Crippen molar-refractivity contribution in [3.05, 3.63) is 33.4 Å². The zero-order valence-corrected chi connectivity index (χ0v) is 12.4. The molecule has 2 aliphatic heterocycles. The molecule has 0 aliphatic carbocycles. The first kappa shape index (κ1) is 12.4. The Hall–Kier alpha value is -0.620. The molecular weight excluding hydrogens is 339 g/mol. The SMILES string of the molecule is O=C(c1ccccc1I)N1CC2CCCNC2C1. The zero-order valence-electron chi connectivity index (χ0n) is 10.2. The fraction of sp³-hybridized carbons (Fsp3) is 0.500. The van der Waals surface area contributed by atoms with Crippen LogP contribution < -0.4 is 5.32 Å². The predicted molar refractivity (Wildman–Crippen MR) is 79.6 cm³/mol. The third-order valence-corrected chi connectivity index (χ3v) is 4.93. The highest BCUT2D eigenvalue weighted by molar-refractivity contribution is 14.1. The standard InChI is InChI=1S/C14H17IN2O/c15-12-6-2-1-5-11(12)14(18)17-8-10-4-3-7-16-13(10)9-17/h1-2,5-6,10,13,16H,3-4,7-9H2. The number of rotatable bonds is 1. The first-order valence-corrected chi connectivity index (χ1v) is 7.61. The lowest BCUT2D eigenvalue weighted by Gasteiger charge is -2.24. The van der Waals surface area contributed by atoms with E-state index >= 15 is 0 Å². The number of amides is 1. The van der Waals surface area contributed by atoms with Crippen LogP contribution in [0.15, 0.2) is 24.3 Å². The predicted octanol–water partition coefficient (Wildman–Crippen LogP) is 2.12. The third kappa shape index (κ3) is 2.28. The summed E-state index contributed by atoms with van der Waals surface area (Å²) < 4.78 is 1.04. The highest BCUT2D eigenvalue weighted by atomic mass is 127. The van der Waals surface area contributed by atoms with E-state index in [1.54, 1.807) is 0 Å². The molecule has 4 heteroatoms. The van der Waals surface area contributed by atoms with Crippen LogP contribution >= 0.6 is 22.6 Å². The molecule has 0 radical (unpaired) electrons. The summed E-state index contributed by atoms with van der Waals surface area (Å²) >= 11 is 2.24. The molecule has 2 fully saturated rings. The second kappa shape index (κ2) is 5.17. The molecule has 2 unspecified atom stereocenters. The Labute approximate surface area is 121 Å². The molecule has 1 N–H and O–H groups in total. The van der Waals surface area contributed by atoms with Gasteiger partial charge in [0.05, 0.1) is 5.56 Å². The quantitative estimate of drug-likeness (QED) is 0.782. The molecule has 2 heterocycles. The van der Waals surface area contributed by atoms with Gasteiger partial charge in [0.1, 0.15) is 0 Å². The second-order valence-corrected chi connectivity index (χ2v) is 6.32. The van der Waals surface area contributed by atoms with Gasteiger partial charge in [-0.05, 0) is 60.0 Å². The van der Waals surface area contributed by atoms with Crippen LogP contribution in [0, 0.1) is 9.49 Å². The Kier molecular flexibility index (Phi) is 3.56. The minimum Gasteiger partial charge on any atom is -0.337 e. The van der Waals surface area contributed by atoms with Crippen molar-refractivity contribution in [2.24, 2.45) is 5.92 Å². The molecule has 3 rings (SSSR count). The number of nitrogens with one attached hydrogen (secondary N) is 1. The van der Waals surface area contributed by atoms with Crippen molar-refractivity contribution in [1.82, 2.24) is 10.2 Å². The lowest BCUT2D eigenvalue weighted by molar-refractivity contribution is 0.0784. The Morgan fingerprint density at radius 1 is 1.33 bits per heavy atom. The summed E-state index contributed by atoms with van der Waals surface area (Å²) in [6.45, 7) is 2.89. The minimum absolute atomic E-state index is 0.191. The highest BCUT2D eigenvalue weighted by Gasteiger charge is 2.36. The summed E-state index contributed by atoms with van der Waals surface area (Å²) in [5.41, 5.74) is 0.844. The monoisotopic (exact) mass is 356 g/mol. The number of hydrogen-bond donors (Lipinski definition) is 1. The average molecular weight is 356 g/mol. The van der Waals surface area contributed by atoms with Crippen molar-refractivity contribution in [1.29, 1.82) is 0 Å². The van der Waals surface area contributed by atoms with E-state index in [1.807, 2.05) is 29.2 Å². The number of likely N-dealkylation sites (tertiary alicyclic amines) is 1. The van der Waals surface area contributed by atoms with Gasteiger partial charge in [-0.1, -0.05) is 12.1 Å². The number of carbonyl (C=O) groups is 1. The van der Waals surface area contributed by atoms with Crippen molar-refractivity contribution in [3.8, 4) is 0 Å². The first-order valence-electron chi connectivity index (χ1n) is 6.53. The van der Waals surface area contributed by atoms with Gasteiger partial charge in [-0.2, -0.15) is 0 Å². The van der Waals surface area contributed by atoms with E-state index in [0.717, 1.165) is 28.8 Å². The van der Waals surface area contributed by atoms with Crippen LogP contribution in [0.3, 0.4) is 0 Å². The van der Waals surface area contributed by atoms with E-state index in [0.29, 0.717) is 12.0 Å². The zero-order chi connectivity index (χ0) is 12.5. The fourth-order valence-electron chi connectivity index (χ4n) is 3.02. The highest BCUT2D eigenvalue weighted by Crippen LogP contribution is 2.26. The van der Waals surface area contributed by atoms with Crippen LogP contribution in [0.2, 0.25) is 0 Å². The largest absolute Gasteiger partial charge is 0.337 e. The molecule has 1 aromatic rings. The summed E-state index contributed by atoms with van der Waals surface area (Å²) in [5.74, 6) is 0.847. The number of fused-ring (bicyclic) bond motifs is 1. The molecule has 18 heavy (non-hydrogen) atoms. The molecule has 0 aromatic heterocycles. The average Bonchev–Trinajstić information content (AvgIpc) is 2.82. The molecule has 3 nitrogen and oxygen atoms in total. The summed E-state index contributed by atoms with van der Waals surface area (Å²) in [6, 6.07) is 8.36. The number of halogens is 1. The van der Waals surface area contributed by atoms with Crippen molar-refractivity contribution in [2.45, 2.75) is 18.9 Å². The molecule has 2 atom stereocenters. The van der Waals surface area contributed by atoms with Crippen LogP contribution in [0.4, 0.5) is 0 Å². The van der Waals surface area contributed by atoms with Gasteiger partial charge < -0.3 is 10.2 Å². The van der Waals surface area contributed by atoms with Crippen LogP contribution in [0.5, 0.6) is 0 Å². The van der Waals surface area contributed by atoms with Gasteiger partial charge in [0.15, 0.2) is 0 Å². The smallest absolute Gasteiger partial charge is 0.254 e. The summed E-state index contributed by atoms with van der Waals surface area (Å²) in [5, 5.41) is 3.54. The van der Waals surface area contributed by atoms with Crippen LogP contribution in [0.1, 0.15) is 23.2 Å². The van der Waals surface area contributed by atoms with E-state index in [9.17, 15) is 4.79 Å². The molecule has 2 aliphatic rings. The van der Waals surface area contributed by atoms with E-state index in [2.05, 4.69) is 27.9 Å². The summed E-state index contributed by atoms with van der Waals surface area (Å²) in [6.07, 6.45) is 2.50. The van der Waals surface area contributed by atoms with Crippen molar-refractivity contribution in [3.63, 3.8) is 0 Å². The lowest BCUT2D eigenvalue weighted by atomic mass is 9.94. The Morgan fingerprint density at radius 2 is 2.17 bits per heavy atom. The fourth-order valence-corrected chi connectivity index (χ4v) is 3.64. The number of hydrogen-bond acceptors (Lipinski definition) is 2. The number of nitrogens with zero attached hydrogens (tertiary/aromatic N) is 1. The van der Waals surface area contributed by atoms with Gasteiger partial charge in [-0.25, -0.2) is 0 Å².